The SMILES string of the molecule is CNC(=O)c1cc(C(=O)NCCC2CCN(C(=O)OC(C)(C)C)CC2(F)F)cc(Cc2ccccc2)n1. The van der Waals surface area contributed by atoms with Gasteiger partial charge in [0.2, 0.25) is 0 Å². The van der Waals surface area contributed by atoms with E-state index in [0.29, 0.717) is 12.1 Å². The molecule has 1 fully saturated rings. The largest absolute Gasteiger partial charge is 0.444 e. The van der Waals surface area contributed by atoms with E-state index in [1.54, 1.807) is 26.8 Å². The van der Waals surface area contributed by atoms with Crippen molar-refractivity contribution in [3.8, 4) is 0 Å². The van der Waals surface area contributed by atoms with E-state index in [1.807, 2.05) is 30.3 Å². The Labute approximate surface area is 215 Å². The first-order valence-corrected chi connectivity index (χ1v) is 12.3. The molecular weight excluding hydrogens is 482 g/mol. The molecule has 3 rings (SSSR count). The minimum Gasteiger partial charge on any atom is -0.444 e. The first kappa shape index (κ1) is 28.0. The van der Waals surface area contributed by atoms with Gasteiger partial charge in [0.15, 0.2) is 0 Å². The van der Waals surface area contributed by atoms with Gasteiger partial charge in [-0.05, 0) is 51.3 Å². The van der Waals surface area contributed by atoms with Gasteiger partial charge >= 0.3 is 6.09 Å². The summed E-state index contributed by atoms with van der Waals surface area (Å²) in [6.07, 6.45) is -0.186. The van der Waals surface area contributed by atoms with Crippen molar-refractivity contribution in [2.45, 2.75) is 51.6 Å². The molecule has 0 radical (unpaired) electrons. The number of amides is 3. The third kappa shape index (κ3) is 7.96. The van der Waals surface area contributed by atoms with E-state index < -0.39 is 41.9 Å². The van der Waals surface area contributed by atoms with Crippen molar-refractivity contribution in [1.29, 1.82) is 0 Å². The Bertz CT molecular complexity index is 1120. The second kappa shape index (κ2) is 11.7. The molecule has 2 heterocycles. The van der Waals surface area contributed by atoms with Crippen molar-refractivity contribution in [2.24, 2.45) is 5.92 Å². The van der Waals surface area contributed by atoms with Crippen LogP contribution in [0.15, 0.2) is 42.5 Å². The van der Waals surface area contributed by atoms with Gasteiger partial charge in [0.05, 0.1) is 6.54 Å². The smallest absolute Gasteiger partial charge is 0.410 e. The van der Waals surface area contributed by atoms with Crippen LogP contribution in [0.1, 0.15) is 65.7 Å². The van der Waals surface area contributed by atoms with Gasteiger partial charge in [-0.3, -0.25) is 9.59 Å². The van der Waals surface area contributed by atoms with Gasteiger partial charge < -0.3 is 20.3 Å². The number of hydrogen-bond donors (Lipinski definition) is 2. The van der Waals surface area contributed by atoms with E-state index in [1.165, 1.54) is 13.1 Å². The third-order valence-electron chi connectivity index (χ3n) is 6.00. The van der Waals surface area contributed by atoms with Crippen LogP contribution in [-0.4, -0.2) is 66.0 Å². The Balaban J connectivity index is 1.62. The predicted molar refractivity (Wildman–Crippen MR) is 135 cm³/mol. The average molecular weight is 517 g/mol. The van der Waals surface area contributed by atoms with Crippen LogP contribution in [0.4, 0.5) is 13.6 Å². The average Bonchev–Trinajstić information content (AvgIpc) is 2.83. The minimum absolute atomic E-state index is 0.0250. The summed E-state index contributed by atoms with van der Waals surface area (Å²) >= 11 is 0. The summed E-state index contributed by atoms with van der Waals surface area (Å²) < 4.78 is 34.8. The third-order valence-corrected chi connectivity index (χ3v) is 6.00. The van der Waals surface area contributed by atoms with Gasteiger partial charge in [-0.25, -0.2) is 18.6 Å². The topological polar surface area (TPSA) is 101 Å². The maximum Gasteiger partial charge on any atom is 0.410 e. The Kier molecular flexibility index (Phi) is 8.83. The Morgan fingerprint density at radius 2 is 1.84 bits per heavy atom. The van der Waals surface area contributed by atoms with Crippen molar-refractivity contribution >= 4 is 17.9 Å². The normalized spacial score (nSPS) is 17.1. The molecule has 37 heavy (non-hydrogen) atoms. The molecule has 0 spiro atoms. The van der Waals surface area contributed by atoms with E-state index in [-0.39, 0.29) is 37.2 Å². The van der Waals surface area contributed by atoms with E-state index in [2.05, 4.69) is 15.6 Å². The molecule has 1 saturated heterocycles. The Morgan fingerprint density at radius 3 is 2.46 bits per heavy atom. The molecule has 1 aliphatic heterocycles. The van der Waals surface area contributed by atoms with E-state index in [0.717, 1.165) is 10.5 Å². The van der Waals surface area contributed by atoms with Gasteiger partial charge in [-0.2, -0.15) is 0 Å². The number of pyridine rings is 1. The standard InChI is InChI=1S/C27H34F2N4O4/c1-26(2,3)37-25(36)33-13-11-20(27(28,29)17-33)10-12-31-23(34)19-15-21(14-18-8-6-5-7-9-18)32-22(16-19)24(35)30-4/h5-9,15-16,20H,10-14,17H2,1-4H3,(H,30,35)(H,31,34). The monoisotopic (exact) mass is 516 g/mol. The number of carbonyl (C=O) groups is 3. The molecule has 10 heteroatoms. The molecule has 8 nitrogen and oxygen atoms in total. The van der Waals surface area contributed by atoms with Crippen LogP contribution < -0.4 is 10.6 Å². The number of carbonyl (C=O) groups excluding carboxylic acids is 3. The second-order valence-electron chi connectivity index (χ2n) is 10.2. The number of nitrogens with one attached hydrogen (secondary N) is 2. The maximum atomic E-state index is 14.8. The zero-order chi connectivity index (χ0) is 27.2. The molecule has 2 aromatic rings. The number of rotatable bonds is 7. The molecule has 200 valence electrons. The lowest BCUT2D eigenvalue weighted by molar-refractivity contribution is -0.112. The molecule has 0 bridgehead atoms. The summed E-state index contributed by atoms with van der Waals surface area (Å²) in [5, 5.41) is 5.19. The Hall–Kier alpha value is -3.56. The molecule has 3 amide bonds. The summed E-state index contributed by atoms with van der Waals surface area (Å²) in [6.45, 7) is 4.52. The number of halogens is 2. The number of nitrogens with zero attached hydrogens (tertiary/aromatic N) is 2. The summed E-state index contributed by atoms with van der Waals surface area (Å²) in [4.78, 5) is 42.7. The highest BCUT2D eigenvalue weighted by Crippen LogP contribution is 2.35. The first-order chi connectivity index (χ1) is 17.4. The number of aromatic nitrogens is 1. The number of hydrogen-bond acceptors (Lipinski definition) is 5. The van der Waals surface area contributed by atoms with Crippen LogP contribution in [0.5, 0.6) is 0 Å². The number of ether oxygens (including phenoxy) is 1. The summed E-state index contributed by atoms with van der Waals surface area (Å²) in [7, 11) is 1.47. The maximum absolute atomic E-state index is 14.8. The highest BCUT2D eigenvalue weighted by molar-refractivity contribution is 5.98. The van der Waals surface area contributed by atoms with Crippen molar-refractivity contribution < 1.29 is 27.9 Å². The van der Waals surface area contributed by atoms with E-state index in [9.17, 15) is 23.2 Å². The second-order valence-corrected chi connectivity index (χ2v) is 10.2. The number of likely N-dealkylation sites (tertiary alicyclic amines) is 1. The lowest BCUT2D eigenvalue weighted by Gasteiger charge is -2.38. The van der Waals surface area contributed by atoms with Crippen LogP contribution in [-0.2, 0) is 11.2 Å². The molecule has 1 aliphatic rings. The number of piperidine rings is 1. The Morgan fingerprint density at radius 1 is 1.14 bits per heavy atom. The molecule has 1 aromatic carbocycles. The van der Waals surface area contributed by atoms with Crippen LogP contribution in [0.2, 0.25) is 0 Å². The van der Waals surface area contributed by atoms with Crippen LogP contribution >= 0.6 is 0 Å². The van der Waals surface area contributed by atoms with Crippen molar-refractivity contribution in [2.75, 3.05) is 26.7 Å². The van der Waals surface area contributed by atoms with Crippen molar-refractivity contribution in [1.82, 2.24) is 20.5 Å². The first-order valence-electron chi connectivity index (χ1n) is 12.3. The molecule has 1 unspecified atom stereocenters. The fourth-order valence-electron chi connectivity index (χ4n) is 4.14. The van der Waals surface area contributed by atoms with E-state index >= 15 is 0 Å². The number of benzene rings is 1. The minimum atomic E-state index is -3.11. The van der Waals surface area contributed by atoms with Crippen LogP contribution in [0.25, 0.3) is 0 Å². The fourth-order valence-corrected chi connectivity index (χ4v) is 4.14. The summed E-state index contributed by atoms with van der Waals surface area (Å²) in [5.41, 5.74) is 1.07. The molecule has 1 aromatic heterocycles. The predicted octanol–water partition coefficient (Wildman–Crippen LogP) is 4.04. The van der Waals surface area contributed by atoms with Gasteiger partial charge in [0.1, 0.15) is 11.3 Å². The van der Waals surface area contributed by atoms with Gasteiger partial charge in [-0.1, -0.05) is 30.3 Å². The molecule has 0 aliphatic carbocycles. The van der Waals surface area contributed by atoms with Gasteiger partial charge in [0.25, 0.3) is 17.7 Å². The summed E-state index contributed by atoms with van der Waals surface area (Å²) in [6, 6.07) is 12.5. The molecule has 0 saturated carbocycles. The zero-order valence-corrected chi connectivity index (χ0v) is 21.6. The highest BCUT2D eigenvalue weighted by atomic mass is 19.3. The van der Waals surface area contributed by atoms with Crippen molar-refractivity contribution in [3.63, 3.8) is 0 Å². The number of alkyl halides is 2. The van der Waals surface area contributed by atoms with Crippen LogP contribution in [0, 0.1) is 5.92 Å². The van der Waals surface area contributed by atoms with Crippen molar-refractivity contribution in [3.05, 3.63) is 65.0 Å². The summed E-state index contributed by atoms with van der Waals surface area (Å²) in [5.74, 6) is -5.00. The lowest BCUT2D eigenvalue weighted by atomic mass is 9.90. The molecular formula is C27H34F2N4O4. The fraction of sp³-hybridized carbons (Fsp3) is 0.481. The zero-order valence-electron chi connectivity index (χ0n) is 21.6. The quantitative estimate of drug-likeness (QED) is 0.579. The van der Waals surface area contributed by atoms with E-state index in [4.69, 9.17) is 4.74 Å². The lowest BCUT2D eigenvalue weighted by Crippen LogP contribution is -2.52. The van der Waals surface area contributed by atoms with Gasteiger partial charge in [0, 0.05) is 43.7 Å². The molecule has 1 atom stereocenters. The highest BCUT2D eigenvalue weighted by Gasteiger charge is 2.46. The van der Waals surface area contributed by atoms with Gasteiger partial charge in [-0.15, -0.1) is 0 Å². The van der Waals surface area contributed by atoms with Crippen LogP contribution in [0.3, 0.4) is 0 Å². The molecule has 2 N–H and O–H groups in total.